The number of benzene rings is 3. The van der Waals surface area contributed by atoms with Crippen LogP contribution in [0.1, 0.15) is 16.7 Å². The molecule has 0 aromatic heterocycles. The Balaban J connectivity index is 1.75. The Labute approximate surface area is 182 Å². The smallest absolute Gasteiger partial charge is 0.161 e. The van der Waals surface area contributed by atoms with Crippen molar-refractivity contribution in [3.63, 3.8) is 0 Å². The molecule has 3 rings (SSSR count). The number of methoxy groups -OCH3 is 1. The monoisotopic (exact) mass is 423 g/mol. The van der Waals surface area contributed by atoms with Crippen LogP contribution in [-0.2, 0) is 13.2 Å². The Morgan fingerprint density at radius 2 is 1.70 bits per heavy atom. The van der Waals surface area contributed by atoms with Gasteiger partial charge in [0.05, 0.1) is 7.11 Å². The maximum Gasteiger partial charge on any atom is 0.161 e. The Hall–Kier alpha value is -3.02. The molecule has 0 atom stereocenters. The van der Waals surface area contributed by atoms with Crippen molar-refractivity contribution in [2.75, 3.05) is 20.2 Å². The molecule has 5 nitrogen and oxygen atoms in total. The average molecular weight is 424 g/mol. The molecule has 3 aromatic carbocycles. The van der Waals surface area contributed by atoms with Gasteiger partial charge in [-0.15, -0.1) is 0 Å². The van der Waals surface area contributed by atoms with Crippen molar-refractivity contribution in [3.8, 4) is 11.5 Å². The van der Waals surface area contributed by atoms with Crippen molar-refractivity contribution >= 4 is 17.4 Å². The van der Waals surface area contributed by atoms with E-state index < -0.39 is 0 Å². The van der Waals surface area contributed by atoms with Gasteiger partial charge in [0, 0.05) is 30.2 Å². The molecule has 0 heterocycles. The summed E-state index contributed by atoms with van der Waals surface area (Å²) in [6.07, 6.45) is 0. The molecule has 3 aromatic rings. The van der Waals surface area contributed by atoms with Gasteiger partial charge in [0.15, 0.2) is 11.5 Å². The Kier molecular flexibility index (Phi) is 7.71. The summed E-state index contributed by atoms with van der Waals surface area (Å²) >= 11 is 5.98. The second-order valence-corrected chi connectivity index (χ2v) is 7.26. The molecule has 0 radical (unpaired) electrons. The molecule has 0 amide bonds. The van der Waals surface area contributed by atoms with Gasteiger partial charge in [-0.05, 0) is 41.5 Å². The van der Waals surface area contributed by atoms with Gasteiger partial charge in [0.2, 0.25) is 0 Å². The lowest BCUT2D eigenvalue weighted by Gasteiger charge is -2.25. The standard InChI is InChI=1S/C24H26ClN3O2/c1-29-23-15-20(9-12-22(23)30-17-19-5-3-2-4-6-19)24(27)28(14-13-26)16-18-7-10-21(25)11-8-18/h2-12,15,27H,13-14,16-17,26H2,1H3. The third-order valence-electron chi connectivity index (χ3n) is 4.68. The highest BCUT2D eigenvalue weighted by Gasteiger charge is 2.15. The van der Waals surface area contributed by atoms with E-state index in [1.54, 1.807) is 7.11 Å². The van der Waals surface area contributed by atoms with Gasteiger partial charge < -0.3 is 20.1 Å². The Morgan fingerprint density at radius 3 is 2.37 bits per heavy atom. The van der Waals surface area contributed by atoms with Crippen molar-refractivity contribution in [2.45, 2.75) is 13.2 Å². The number of hydrogen-bond donors (Lipinski definition) is 2. The summed E-state index contributed by atoms with van der Waals surface area (Å²) in [4.78, 5) is 1.93. The van der Waals surface area contributed by atoms with Gasteiger partial charge in [0.25, 0.3) is 0 Å². The van der Waals surface area contributed by atoms with Crippen LogP contribution in [0.25, 0.3) is 0 Å². The van der Waals surface area contributed by atoms with Crippen molar-refractivity contribution < 1.29 is 9.47 Å². The van der Waals surface area contributed by atoms with E-state index in [-0.39, 0.29) is 0 Å². The number of hydrogen-bond acceptors (Lipinski definition) is 4. The van der Waals surface area contributed by atoms with Gasteiger partial charge in [0.1, 0.15) is 12.4 Å². The van der Waals surface area contributed by atoms with Gasteiger partial charge in [-0.2, -0.15) is 0 Å². The molecule has 0 bridgehead atoms. The second kappa shape index (κ2) is 10.7. The van der Waals surface area contributed by atoms with Crippen LogP contribution in [0.4, 0.5) is 0 Å². The van der Waals surface area contributed by atoms with Crippen molar-refractivity contribution in [2.24, 2.45) is 5.73 Å². The van der Waals surface area contributed by atoms with E-state index >= 15 is 0 Å². The molecule has 3 N–H and O–H groups in total. The zero-order valence-electron chi connectivity index (χ0n) is 17.0. The summed E-state index contributed by atoms with van der Waals surface area (Å²) < 4.78 is 11.4. The number of amidine groups is 1. The van der Waals surface area contributed by atoms with Gasteiger partial charge in [-0.25, -0.2) is 0 Å². The minimum atomic E-state index is 0.378. The summed E-state index contributed by atoms with van der Waals surface area (Å²) in [5.41, 5.74) is 8.67. The highest BCUT2D eigenvalue weighted by molar-refractivity contribution is 6.30. The van der Waals surface area contributed by atoms with E-state index in [0.29, 0.717) is 48.6 Å². The van der Waals surface area contributed by atoms with Gasteiger partial charge in [-0.3, -0.25) is 5.41 Å². The summed E-state index contributed by atoms with van der Waals surface area (Å²) in [6.45, 7) is 2.03. The summed E-state index contributed by atoms with van der Waals surface area (Å²) in [7, 11) is 1.60. The largest absolute Gasteiger partial charge is 0.493 e. The normalized spacial score (nSPS) is 10.5. The maximum atomic E-state index is 8.71. The van der Waals surface area contributed by atoms with Gasteiger partial charge in [-0.1, -0.05) is 54.1 Å². The zero-order chi connectivity index (χ0) is 21.3. The minimum absolute atomic E-state index is 0.378. The van der Waals surface area contributed by atoms with E-state index in [1.807, 2.05) is 77.7 Å². The van der Waals surface area contributed by atoms with Crippen LogP contribution in [0, 0.1) is 5.41 Å². The van der Waals surface area contributed by atoms with Crippen LogP contribution in [0.3, 0.4) is 0 Å². The predicted octanol–water partition coefficient (Wildman–Crippen LogP) is 4.71. The first-order chi connectivity index (χ1) is 14.6. The lowest BCUT2D eigenvalue weighted by molar-refractivity contribution is 0.284. The Morgan fingerprint density at radius 1 is 0.967 bits per heavy atom. The van der Waals surface area contributed by atoms with Crippen LogP contribution in [0.5, 0.6) is 11.5 Å². The number of rotatable bonds is 9. The number of ether oxygens (including phenoxy) is 2. The maximum absolute atomic E-state index is 8.71. The first-order valence-corrected chi connectivity index (χ1v) is 10.1. The molecule has 30 heavy (non-hydrogen) atoms. The molecule has 0 fully saturated rings. The molecular formula is C24H26ClN3O2. The molecule has 0 aliphatic carbocycles. The van der Waals surface area contributed by atoms with E-state index in [2.05, 4.69) is 0 Å². The topological polar surface area (TPSA) is 71.6 Å². The van der Waals surface area contributed by atoms with E-state index in [4.69, 9.17) is 32.2 Å². The van der Waals surface area contributed by atoms with Crippen LogP contribution in [0.15, 0.2) is 72.8 Å². The second-order valence-electron chi connectivity index (χ2n) is 6.83. The SMILES string of the molecule is COc1cc(C(=N)N(CCN)Cc2ccc(Cl)cc2)ccc1OCc1ccccc1. The van der Waals surface area contributed by atoms with E-state index in [1.165, 1.54) is 0 Å². The highest BCUT2D eigenvalue weighted by atomic mass is 35.5. The highest BCUT2D eigenvalue weighted by Crippen LogP contribution is 2.29. The van der Waals surface area contributed by atoms with E-state index in [9.17, 15) is 0 Å². The van der Waals surface area contributed by atoms with Crippen molar-refractivity contribution in [3.05, 3.63) is 94.5 Å². The van der Waals surface area contributed by atoms with Crippen LogP contribution >= 0.6 is 11.6 Å². The molecule has 0 saturated carbocycles. The van der Waals surface area contributed by atoms with Gasteiger partial charge >= 0.3 is 0 Å². The summed E-state index contributed by atoms with van der Waals surface area (Å²) in [6, 6.07) is 23.1. The summed E-state index contributed by atoms with van der Waals surface area (Å²) in [5, 5.41) is 9.40. The fourth-order valence-corrected chi connectivity index (χ4v) is 3.21. The van der Waals surface area contributed by atoms with Crippen molar-refractivity contribution in [1.82, 2.24) is 4.90 Å². The predicted molar refractivity (Wildman–Crippen MR) is 122 cm³/mol. The van der Waals surface area contributed by atoms with Crippen molar-refractivity contribution in [1.29, 1.82) is 5.41 Å². The van der Waals surface area contributed by atoms with Crippen LogP contribution < -0.4 is 15.2 Å². The quantitative estimate of drug-likeness (QED) is 0.386. The number of nitrogens with one attached hydrogen (secondary N) is 1. The fourth-order valence-electron chi connectivity index (χ4n) is 3.09. The molecule has 0 aliphatic rings. The molecule has 6 heteroatoms. The number of nitrogens with two attached hydrogens (primary N) is 1. The molecule has 156 valence electrons. The lowest BCUT2D eigenvalue weighted by Crippen LogP contribution is -2.35. The molecule has 0 spiro atoms. The molecular weight excluding hydrogens is 398 g/mol. The number of nitrogens with zero attached hydrogens (tertiary/aromatic N) is 1. The first kappa shape index (κ1) is 21.7. The molecule has 0 aliphatic heterocycles. The zero-order valence-corrected chi connectivity index (χ0v) is 17.7. The fraction of sp³-hybridized carbons (Fsp3) is 0.208. The minimum Gasteiger partial charge on any atom is -0.493 e. The third kappa shape index (κ3) is 5.75. The average Bonchev–Trinajstić information content (AvgIpc) is 2.79. The van der Waals surface area contributed by atoms with Crippen LogP contribution in [-0.4, -0.2) is 30.9 Å². The third-order valence-corrected chi connectivity index (χ3v) is 4.93. The Bertz CT molecular complexity index is 962. The lowest BCUT2D eigenvalue weighted by atomic mass is 10.1. The van der Waals surface area contributed by atoms with E-state index in [0.717, 1.165) is 16.7 Å². The summed E-state index contributed by atoms with van der Waals surface area (Å²) in [5.74, 6) is 1.61. The molecule has 0 unspecified atom stereocenters. The van der Waals surface area contributed by atoms with Crippen LogP contribution in [0.2, 0.25) is 5.02 Å². The number of halogens is 1. The first-order valence-electron chi connectivity index (χ1n) is 9.74. The molecule has 0 saturated heterocycles.